The first-order valence-electron chi connectivity index (χ1n) is 7.46. The van der Waals surface area contributed by atoms with Crippen LogP contribution in [0.3, 0.4) is 0 Å². The molecule has 25 heavy (non-hydrogen) atoms. The molecule has 2 aromatic rings. The molecule has 0 heterocycles. The highest BCUT2D eigenvalue weighted by molar-refractivity contribution is 9.10. The molecule has 0 aliphatic heterocycles. The van der Waals surface area contributed by atoms with E-state index in [0.29, 0.717) is 21.7 Å². The van der Waals surface area contributed by atoms with E-state index in [9.17, 15) is 9.59 Å². The van der Waals surface area contributed by atoms with Crippen LogP contribution in [0.4, 0.5) is 5.69 Å². The second-order valence-electron chi connectivity index (χ2n) is 5.08. The maximum absolute atomic E-state index is 12.5. The second-order valence-corrected chi connectivity index (χ2v) is 6.00. The van der Waals surface area contributed by atoms with Gasteiger partial charge < -0.3 is 14.8 Å². The number of hydrogen-bond donors (Lipinski definition) is 1. The van der Waals surface area contributed by atoms with Gasteiger partial charge in [-0.1, -0.05) is 28.1 Å². The number of rotatable bonds is 6. The van der Waals surface area contributed by atoms with E-state index < -0.39 is 0 Å². The maximum atomic E-state index is 12.5. The molecule has 0 radical (unpaired) electrons. The van der Waals surface area contributed by atoms with Crippen molar-refractivity contribution in [2.24, 2.45) is 0 Å². The van der Waals surface area contributed by atoms with Crippen LogP contribution in [-0.4, -0.2) is 27.1 Å². The molecule has 0 amide bonds. The van der Waals surface area contributed by atoms with Crippen LogP contribution in [0.25, 0.3) is 6.08 Å². The number of anilines is 1. The third-order valence-electron chi connectivity index (χ3n) is 3.55. The SMILES string of the molecule is CNc1ccc(Br)cc(C(=O)/C=C/c2ccc(OC)c(OC)c2)c1=O. The highest BCUT2D eigenvalue weighted by Crippen LogP contribution is 2.28. The number of ether oxygens (including phenoxy) is 2. The van der Waals surface area contributed by atoms with Crippen LogP contribution in [0.5, 0.6) is 11.5 Å². The third kappa shape index (κ3) is 4.48. The number of hydrogen-bond acceptors (Lipinski definition) is 5. The molecule has 5 nitrogen and oxygen atoms in total. The molecule has 6 heteroatoms. The van der Waals surface area contributed by atoms with Gasteiger partial charge in [-0.25, -0.2) is 0 Å². The highest BCUT2D eigenvalue weighted by Gasteiger charge is 2.10. The second kappa shape index (κ2) is 8.48. The van der Waals surface area contributed by atoms with Crippen LogP contribution < -0.4 is 20.2 Å². The first-order chi connectivity index (χ1) is 12.0. The lowest BCUT2D eigenvalue weighted by atomic mass is 10.1. The Hall–Kier alpha value is -2.60. The zero-order valence-electron chi connectivity index (χ0n) is 14.1. The van der Waals surface area contributed by atoms with E-state index in [-0.39, 0.29) is 16.8 Å². The van der Waals surface area contributed by atoms with E-state index in [2.05, 4.69) is 21.2 Å². The van der Waals surface area contributed by atoms with E-state index in [1.54, 1.807) is 57.7 Å². The molecule has 0 spiro atoms. The largest absolute Gasteiger partial charge is 0.493 e. The maximum Gasteiger partial charge on any atom is 0.212 e. The summed E-state index contributed by atoms with van der Waals surface area (Å²) in [5, 5.41) is 2.80. The van der Waals surface area contributed by atoms with Gasteiger partial charge in [-0.2, -0.15) is 0 Å². The predicted molar refractivity (Wildman–Crippen MR) is 103 cm³/mol. The number of halogens is 1. The number of nitrogens with one attached hydrogen (secondary N) is 1. The van der Waals surface area contributed by atoms with Gasteiger partial charge in [0, 0.05) is 11.5 Å². The summed E-state index contributed by atoms with van der Waals surface area (Å²) >= 11 is 3.32. The van der Waals surface area contributed by atoms with E-state index in [0.717, 1.165) is 5.56 Å². The summed E-state index contributed by atoms with van der Waals surface area (Å²) in [7, 11) is 4.73. The molecule has 130 valence electrons. The average molecular weight is 404 g/mol. The van der Waals surface area contributed by atoms with Crippen molar-refractivity contribution in [1.82, 2.24) is 0 Å². The molecule has 0 fully saturated rings. The summed E-state index contributed by atoms with van der Waals surface area (Å²) in [5.74, 6) is 0.784. The van der Waals surface area contributed by atoms with Crippen LogP contribution in [-0.2, 0) is 0 Å². The summed E-state index contributed by atoms with van der Waals surface area (Å²) in [5.41, 5.74) is 0.841. The van der Waals surface area contributed by atoms with Gasteiger partial charge in [-0.15, -0.1) is 0 Å². The van der Waals surface area contributed by atoms with Crippen molar-refractivity contribution < 1.29 is 14.3 Å². The monoisotopic (exact) mass is 403 g/mol. The van der Waals surface area contributed by atoms with Gasteiger partial charge in [0.1, 0.15) is 0 Å². The molecule has 0 saturated heterocycles. The van der Waals surface area contributed by atoms with Crippen molar-refractivity contribution in [2.45, 2.75) is 0 Å². The lowest BCUT2D eigenvalue weighted by molar-refractivity contribution is 0.104. The van der Waals surface area contributed by atoms with Crippen molar-refractivity contribution >= 4 is 33.5 Å². The van der Waals surface area contributed by atoms with Gasteiger partial charge in [-0.3, -0.25) is 9.59 Å². The standard InChI is InChI=1S/C19H18BrNO4/c1-21-15-7-6-13(20)11-14(19(15)23)16(22)8-4-12-5-9-17(24-2)18(10-12)25-3/h4-11H,1-3H3,(H,21,23)/b8-4+. The predicted octanol–water partition coefficient (Wildman–Crippen LogP) is 3.76. The molecule has 0 aliphatic carbocycles. The van der Waals surface area contributed by atoms with Crippen LogP contribution in [0.1, 0.15) is 15.9 Å². The first kappa shape index (κ1) is 18.7. The Morgan fingerprint density at radius 1 is 1.08 bits per heavy atom. The van der Waals surface area contributed by atoms with Crippen molar-refractivity contribution in [1.29, 1.82) is 0 Å². The fraction of sp³-hybridized carbons (Fsp3) is 0.158. The van der Waals surface area contributed by atoms with Crippen molar-refractivity contribution in [3.63, 3.8) is 0 Å². The molecule has 2 aromatic carbocycles. The zero-order chi connectivity index (χ0) is 18.4. The number of methoxy groups -OCH3 is 2. The van der Waals surface area contributed by atoms with Crippen LogP contribution in [0, 0.1) is 0 Å². The Balaban J connectivity index is 2.37. The minimum Gasteiger partial charge on any atom is -0.493 e. The number of ketones is 1. The molecule has 0 unspecified atom stereocenters. The molecule has 2 rings (SSSR count). The van der Waals surface area contributed by atoms with E-state index >= 15 is 0 Å². The summed E-state index contributed by atoms with van der Waals surface area (Å²) in [6.45, 7) is 0. The lowest BCUT2D eigenvalue weighted by Crippen LogP contribution is -2.14. The third-order valence-corrected chi connectivity index (χ3v) is 4.04. The van der Waals surface area contributed by atoms with Crippen molar-refractivity contribution in [3.05, 3.63) is 68.3 Å². The molecule has 0 aromatic heterocycles. The average Bonchev–Trinajstić information content (AvgIpc) is 2.77. The molecule has 1 N–H and O–H groups in total. The van der Waals surface area contributed by atoms with Crippen molar-refractivity contribution in [3.8, 4) is 11.5 Å². The first-order valence-corrected chi connectivity index (χ1v) is 8.25. The summed E-state index contributed by atoms with van der Waals surface area (Å²) in [6.07, 6.45) is 2.99. The number of carbonyl (C=O) groups is 1. The lowest BCUT2D eigenvalue weighted by Gasteiger charge is -2.07. The van der Waals surface area contributed by atoms with Gasteiger partial charge in [0.25, 0.3) is 0 Å². The highest BCUT2D eigenvalue weighted by atomic mass is 79.9. The van der Waals surface area contributed by atoms with Crippen molar-refractivity contribution in [2.75, 3.05) is 26.6 Å². The quantitative estimate of drug-likeness (QED) is 0.587. The Bertz CT molecular complexity index is 878. The number of carbonyl (C=O) groups excluding carboxylic acids is 1. The summed E-state index contributed by atoms with van der Waals surface area (Å²) in [4.78, 5) is 24.9. The van der Waals surface area contributed by atoms with Crippen LogP contribution in [0.15, 0.2) is 51.7 Å². The van der Waals surface area contributed by atoms with E-state index in [1.807, 2.05) is 0 Å². The molecular weight excluding hydrogens is 386 g/mol. The van der Waals surface area contributed by atoms with E-state index in [4.69, 9.17) is 9.47 Å². The molecule has 0 atom stereocenters. The summed E-state index contributed by atoms with van der Waals surface area (Å²) < 4.78 is 11.1. The number of allylic oxidation sites excluding steroid dienone is 1. The van der Waals surface area contributed by atoms with Crippen LogP contribution >= 0.6 is 15.9 Å². The smallest absolute Gasteiger partial charge is 0.212 e. The molecular formula is C19H18BrNO4. The number of benzene rings is 1. The van der Waals surface area contributed by atoms with Gasteiger partial charge >= 0.3 is 0 Å². The molecule has 0 saturated carbocycles. The molecule has 0 aliphatic rings. The zero-order valence-corrected chi connectivity index (χ0v) is 15.7. The van der Waals surface area contributed by atoms with Crippen LogP contribution in [0.2, 0.25) is 0 Å². The Labute approximate surface area is 154 Å². The molecule has 0 bridgehead atoms. The fourth-order valence-electron chi connectivity index (χ4n) is 2.23. The van der Waals surface area contributed by atoms with Gasteiger partial charge in [-0.05, 0) is 42.0 Å². The van der Waals surface area contributed by atoms with Gasteiger partial charge in [0.15, 0.2) is 17.3 Å². The van der Waals surface area contributed by atoms with Gasteiger partial charge in [0.05, 0.1) is 25.5 Å². The minimum absolute atomic E-state index is 0.0814. The normalized spacial score (nSPS) is 10.6. The Morgan fingerprint density at radius 3 is 2.44 bits per heavy atom. The fourth-order valence-corrected chi connectivity index (χ4v) is 2.59. The Kier molecular flexibility index (Phi) is 6.36. The Morgan fingerprint density at radius 2 is 1.80 bits per heavy atom. The van der Waals surface area contributed by atoms with Gasteiger partial charge in [0.2, 0.25) is 5.43 Å². The summed E-state index contributed by atoms with van der Waals surface area (Å²) in [6, 6.07) is 10.2. The minimum atomic E-state index is -0.381. The van der Waals surface area contributed by atoms with E-state index in [1.165, 1.54) is 12.1 Å². The topological polar surface area (TPSA) is 64.6 Å².